The Morgan fingerprint density at radius 2 is 1.90 bits per heavy atom. The van der Waals surface area contributed by atoms with E-state index in [0.29, 0.717) is 6.04 Å². The molecule has 1 saturated carbocycles. The fraction of sp³-hybridized carbons (Fsp3) is 0.611. The van der Waals surface area contributed by atoms with Crippen LogP contribution < -0.4 is 0 Å². The van der Waals surface area contributed by atoms with Gasteiger partial charge in [0.2, 0.25) is 0 Å². The maximum absolute atomic E-state index is 11.9. The van der Waals surface area contributed by atoms with Crippen LogP contribution >= 0.6 is 0 Å². The second kappa shape index (κ2) is 5.80. The van der Waals surface area contributed by atoms with Crippen molar-refractivity contribution in [2.45, 2.75) is 50.5 Å². The number of aliphatic carboxylic acids is 1. The molecule has 3 nitrogen and oxygen atoms in total. The summed E-state index contributed by atoms with van der Waals surface area (Å²) in [5.41, 5.74) is 0.281. The molecule has 1 atom stereocenters. The minimum Gasteiger partial charge on any atom is -0.481 e. The molecule has 1 aromatic carbocycles. The van der Waals surface area contributed by atoms with Crippen molar-refractivity contribution < 1.29 is 9.90 Å². The fourth-order valence-electron chi connectivity index (χ4n) is 3.71. The van der Waals surface area contributed by atoms with Crippen molar-refractivity contribution in [1.82, 2.24) is 4.90 Å². The topological polar surface area (TPSA) is 40.5 Å². The Morgan fingerprint density at radius 3 is 2.43 bits per heavy atom. The molecule has 1 N–H and O–H groups in total. The number of hydrogen-bond donors (Lipinski definition) is 1. The number of hydrogen-bond acceptors (Lipinski definition) is 2. The highest BCUT2D eigenvalue weighted by molar-refractivity contribution is 5.81. The Hall–Kier alpha value is -1.35. The van der Waals surface area contributed by atoms with Crippen LogP contribution in [-0.4, -0.2) is 35.1 Å². The van der Waals surface area contributed by atoms with Gasteiger partial charge in [0.15, 0.2) is 0 Å². The van der Waals surface area contributed by atoms with E-state index in [2.05, 4.69) is 11.8 Å². The summed E-state index contributed by atoms with van der Waals surface area (Å²) < 4.78 is 0. The first-order chi connectivity index (χ1) is 10.1. The van der Waals surface area contributed by atoms with E-state index in [1.54, 1.807) is 0 Å². The van der Waals surface area contributed by atoms with E-state index in [4.69, 9.17) is 0 Å². The second-order valence-electron chi connectivity index (χ2n) is 6.82. The Balaban J connectivity index is 1.70. The highest BCUT2D eigenvalue weighted by atomic mass is 16.4. The maximum atomic E-state index is 11.9. The molecule has 2 fully saturated rings. The number of piperidine rings is 1. The van der Waals surface area contributed by atoms with Crippen LogP contribution in [0.4, 0.5) is 0 Å². The molecule has 0 bridgehead atoms. The van der Waals surface area contributed by atoms with E-state index in [9.17, 15) is 9.90 Å². The van der Waals surface area contributed by atoms with Crippen molar-refractivity contribution in [3.05, 3.63) is 35.9 Å². The average molecular weight is 287 g/mol. The fourth-order valence-corrected chi connectivity index (χ4v) is 3.71. The van der Waals surface area contributed by atoms with Crippen molar-refractivity contribution in [3.8, 4) is 0 Å². The zero-order chi connectivity index (χ0) is 14.9. The van der Waals surface area contributed by atoms with E-state index in [1.807, 2.05) is 30.3 Å². The van der Waals surface area contributed by atoms with Crippen LogP contribution in [0.25, 0.3) is 0 Å². The number of rotatable bonds is 5. The Kier molecular flexibility index (Phi) is 4.03. The van der Waals surface area contributed by atoms with Crippen LogP contribution in [0.3, 0.4) is 0 Å². The van der Waals surface area contributed by atoms with Gasteiger partial charge >= 0.3 is 5.97 Å². The lowest BCUT2D eigenvalue weighted by Crippen LogP contribution is -2.49. The van der Waals surface area contributed by atoms with E-state index in [0.717, 1.165) is 37.4 Å². The molecular formula is C18H25NO2. The molecule has 114 valence electrons. The molecule has 0 radical (unpaired) electrons. The van der Waals surface area contributed by atoms with Gasteiger partial charge < -0.3 is 10.0 Å². The summed E-state index contributed by atoms with van der Waals surface area (Å²) >= 11 is 0. The van der Waals surface area contributed by atoms with E-state index in [-0.39, 0.29) is 0 Å². The molecule has 1 aliphatic heterocycles. The quantitative estimate of drug-likeness (QED) is 0.903. The molecular weight excluding hydrogens is 262 g/mol. The minimum atomic E-state index is -0.683. The van der Waals surface area contributed by atoms with Gasteiger partial charge in [-0.1, -0.05) is 43.2 Å². The molecule has 1 heterocycles. The summed E-state index contributed by atoms with van der Waals surface area (Å²) in [5.74, 6) is 0.267. The Morgan fingerprint density at radius 1 is 1.29 bits per heavy atom. The molecule has 3 heteroatoms. The molecule has 1 aromatic rings. The number of benzene rings is 1. The Labute approximate surface area is 127 Å². The van der Waals surface area contributed by atoms with Crippen molar-refractivity contribution in [2.24, 2.45) is 5.92 Å². The summed E-state index contributed by atoms with van der Waals surface area (Å²) in [6, 6.07) is 10.4. The smallest absolute Gasteiger partial charge is 0.314 e. The largest absolute Gasteiger partial charge is 0.481 e. The van der Waals surface area contributed by atoms with Gasteiger partial charge in [0.25, 0.3) is 0 Å². The molecule has 21 heavy (non-hydrogen) atoms. The first-order valence-corrected chi connectivity index (χ1v) is 8.15. The van der Waals surface area contributed by atoms with Crippen molar-refractivity contribution >= 4 is 5.97 Å². The Bertz CT molecular complexity index is 487. The van der Waals surface area contributed by atoms with Crippen LogP contribution in [0.2, 0.25) is 0 Å². The molecule has 1 saturated heterocycles. The normalized spacial score (nSPS) is 23.7. The van der Waals surface area contributed by atoms with Gasteiger partial charge in [-0.15, -0.1) is 0 Å². The second-order valence-corrected chi connectivity index (χ2v) is 6.82. The SMILES string of the molecule is CC(CC1CC1)N1CCC(C(=O)O)(c2ccccc2)CC1. The molecule has 0 spiro atoms. The molecule has 3 rings (SSSR count). The third-order valence-electron chi connectivity index (χ3n) is 5.38. The summed E-state index contributed by atoms with van der Waals surface area (Å²) in [5, 5.41) is 9.80. The minimum absolute atomic E-state index is 0.597. The lowest BCUT2D eigenvalue weighted by atomic mass is 9.72. The van der Waals surface area contributed by atoms with Gasteiger partial charge in [-0.3, -0.25) is 4.79 Å². The third kappa shape index (κ3) is 2.98. The van der Waals surface area contributed by atoms with E-state index >= 15 is 0 Å². The highest BCUT2D eigenvalue weighted by Gasteiger charge is 2.43. The number of carboxylic acids is 1. The lowest BCUT2D eigenvalue weighted by molar-refractivity contribution is -0.146. The van der Waals surface area contributed by atoms with Gasteiger partial charge in [0, 0.05) is 6.04 Å². The van der Waals surface area contributed by atoms with E-state index < -0.39 is 11.4 Å². The number of carboxylic acid groups (broad SMARTS) is 1. The predicted molar refractivity (Wildman–Crippen MR) is 83.4 cm³/mol. The summed E-state index contributed by atoms with van der Waals surface area (Å²) in [4.78, 5) is 14.4. The van der Waals surface area contributed by atoms with Crippen LogP contribution in [0.15, 0.2) is 30.3 Å². The number of nitrogens with zero attached hydrogens (tertiary/aromatic N) is 1. The molecule has 0 aromatic heterocycles. The lowest BCUT2D eigenvalue weighted by Gasteiger charge is -2.41. The van der Waals surface area contributed by atoms with Crippen LogP contribution in [0, 0.1) is 5.92 Å². The van der Waals surface area contributed by atoms with E-state index in [1.165, 1.54) is 19.3 Å². The van der Waals surface area contributed by atoms with Gasteiger partial charge in [0.1, 0.15) is 0 Å². The third-order valence-corrected chi connectivity index (χ3v) is 5.38. The van der Waals surface area contributed by atoms with Crippen molar-refractivity contribution in [3.63, 3.8) is 0 Å². The first-order valence-electron chi connectivity index (χ1n) is 8.15. The predicted octanol–water partition coefficient (Wildman–Crippen LogP) is 3.29. The highest BCUT2D eigenvalue weighted by Crippen LogP contribution is 2.39. The van der Waals surface area contributed by atoms with Crippen LogP contribution in [0.5, 0.6) is 0 Å². The van der Waals surface area contributed by atoms with Crippen molar-refractivity contribution in [1.29, 1.82) is 0 Å². The zero-order valence-electron chi connectivity index (χ0n) is 12.8. The summed E-state index contributed by atoms with van der Waals surface area (Å²) in [6.45, 7) is 4.10. The summed E-state index contributed by atoms with van der Waals surface area (Å²) in [6.07, 6.45) is 5.51. The summed E-state index contributed by atoms with van der Waals surface area (Å²) in [7, 11) is 0. The zero-order valence-corrected chi connectivity index (χ0v) is 12.8. The van der Waals surface area contributed by atoms with Crippen LogP contribution in [-0.2, 0) is 10.2 Å². The van der Waals surface area contributed by atoms with Gasteiger partial charge in [-0.2, -0.15) is 0 Å². The monoisotopic (exact) mass is 287 g/mol. The first kappa shape index (κ1) is 14.6. The van der Waals surface area contributed by atoms with Crippen molar-refractivity contribution in [2.75, 3.05) is 13.1 Å². The van der Waals surface area contributed by atoms with Gasteiger partial charge in [-0.05, 0) is 50.8 Å². The molecule has 0 amide bonds. The van der Waals surface area contributed by atoms with Gasteiger partial charge in [0.05, 0.1) is 5.41 Å². The maximum Gasteiger partial charge on any atom is 0.314 e. The van der Waals surface area contributed by atoms with Crippen LogP contribution in [0.1, 0.15) is 44.6 Å². The molecule has 2 aliphatic rings. The van der Waals surface area contributed by atoms with Gasteiger partial charge in [-0.25, -0.2) is 0 Å². The molecule has 1 aliphatic carbocycles. The number of likely N-dealkylation sites (tertiary alicyclic amines) is 1. The molecule has 1 unspecified atom stereocenters. The standard InChI is InChI=1S/C18H25NO2/c1-14(13-15-7-8-15)19-11-9-18(10-12-19,17(20)21)16-5-3-2-4-6-16/h2-6,14-15H,7-13H2,1H3,(H,20,21). The number of carbonyl (C=O) groups is 1. The average Bonchev–Trinajstić information content (AvgIpc) is 3.32.